The second kappa shape index (κ2) is 12.9. The second-order valence-electron chi connectivity index (χ2n) is 22.8. The summed E-state index contributed by atoms with van der Waals surface area (Å²) in [6.07, 6.45) is 11.5. The van der Waals surface area contributed by atoms with Crippen LogP contribution in [0.1, 0.15) is 167 Å². The van der Waals surface area contributed by atoms with E-state index in [9.17, 15) is 24.7 Å². The number of nitrogens with zero attached hydrogens (tertiary/aromatic N) is 1. The molecular weight excluding hydrogens is 663 g/mol. The van der Waals surface area contributed by atoms with Crippen LogP contribution in [0.5, 0.6) is 0 Å². The highest BCUT2D eigenvalue weighted by atomic mass is 16.5. The van der Waals surface area contributed by atoms with Gasteiger partial charge < -0.3 is 15.7 Å². The Hall–Kier alpha value is -1.77. The van der Waals surface area contributed by atoms with Crippen LogP contribution in [0.2, 0.25) is 0 Å². The molecule has 1 radical (unpaired) electrons. The minimum atomic E-state index is -0.676. The lowest BCUT2D eigenvalue weighted by Gasteiger charge is -2.70. The van der Waals surface area contributed by atoms with Gasteiger partial charge in [0.25, 0.3) is 0 Å². The van der Waals surface area contributed by atoms with Crippen molar-refractivity contribution in [2.75, 3.05) is 0 Å². The van der Waals surface area contributed by atoms with Crippen molar-refractivity contribution in [2.24, 2.45) is 56.2 Å². The molecule has 5 fully saturated rings. The zero-order valence-electron chi connectivity index (χ0n) is 35.6. The Morgan fingerprint density at radius 3 is 2.06 bits per heavy atom. The molecule has 3 N–H and O–H groups in total. The van der Waals surface area contributed by atoms with Crippen molar-refractivity contribution in [1.29, 1.82) is 0 Å². The summed E-state index contributed by atoms with van der Waals surface area (Å²) in [4.78, 5) is 43.3. The summed E-state index contributed by atoms with van der Waals surface area (Å²) in [6.45, 7) is 28.0. The highest BCUT2D eigenvalue weighted by molar-refractivity contribution is 5.96. The zero-order chi connectivity index (χ0) is 39.5. The van der Waals surface area contributed by atoms with Crippen molar-refractivity contribution in [1.82, 2.24) is 15.7 Å². The number of rotatable bonds is 6. The lowest BCUT2D eigenvalue weighted by atomic mass is 9.33. The van der Waals surface area contributed by atoms with E-state index in [1.807, 2.05) is 27.7 Å². The highest BCUT2D eigenvalue weighted by Crippen LogP contribution is 2.75. The Kier molecular flexibility index (Phi) is 9.93. The third-order valence-electron chi connectivity index (χ3n) is 17.4. The monoisotopic (exact) mass is 737 g/mol. The maximum Gasteiger partial charge on any atom is 0.242 e. The van der Waals surface area contributed by atoms with Gasteiger partial charge in [0, 0.05) is 28.5 Å². The molecular formula is C45H74N3O5. The van der Waals surface area contributed by atoms with Crippen molar-refractivity contribution in [3.63, 3.8) is 0 Å². The number of aliphatic hydroxyl groups excluding tert-OH is 1. The van der Waals surface area contributed by atoms with E-state index in [4.69, 9.17) is 0 Å². The molecule has 0 bridgehead atoms. The molecule has 0 spiro atoms. The van der Waals surface area contributed by atoms with Gasteiger partial charge in [-0.05, 0) is 156 Å². The molecule has 1 heterocycles. The van der Waals surface area contributed by atoms with Crippen LogP contribution in [0.15, 0.2) is 11.6 Å². The Labute approximate surface area is 321 Å². The number of hydrogen-bond acceptors (Lipinski definition) is 5. The van der Waals surface area contributed by atoms with Gasteiger partial charge in [0.1, 0.15) is 6.04 Å². The van der Waals surface area contributed by atoms with Gasteiger partial charge in [-0.3, -0.25) is 14.4 Å². The number of amides is 2. The van der Waals surface area contributed by atoms with E-state index >= 15 is 0 Å². The van der Waals surface area contributed by atoms with E-state index in [0.717, 1.165) is 51.4 Å². The predicted octanol–water partition coefficient (Wildman–Crippen LogP) is 8.34. The van der Waals surface area contributed by atoms with E-state index < -0.39 is 22.5 Å². The fourth-order valence-corrected chi connectivity index (χ4v) is 14.1. The fraction of sp³-hybridized carbons (Fsp3) is 0.889. The average molecular weight is 737 g/mol. The van der Waals surface area contributed by atoms with E-state index in [1.165, 1.54) is 10.6 Å². The van der Waals surface area contributed by atoms with Gasteiger partial charge in [-0.15, -0.1) is 10.3 Å². The molecule has 0 aromatic rings. The zero-order valence-corrected chi connectivity index (χ0v) is 35.6. The van der Waals surface area contributed by atoms with E-state index in [1.54, 1.807) is 0 Å². The first kappa shape index (κ1) is 40.9. The van der Waals surface area contributed by atoms with Gasteiger partial charge in [-0.1, -0.05) is 67.9 Å². The molecule has 1 aliphatic heterocycles. The Bertz CT molecular complexity index is 1510. The molecule has 1 saturated heterocycles. The van der Waals surface area contributed by atoms with Gasteiger partial charge >= 0.3 is 0 Å². The van der Waals surface area contributed by atoms with Gasteiger partial charge in [-0.25, -0.2) is 0 Å². The number of carbonyl (C=O) groups is 3. The lowest BCUT2D eigenvalue weighted by Crippen LogP contribution is -2.66. The summed E-state index contributed by atoms with van der Waals surface area (Å²) in [5.41, 5.74) is -1.34. The number of aliphatic hydroxyl groups is 1. The molecule has 53 heavy (non-hydrogen) atoms. The van der Waals surface area contributed by atoms with Crippen LogP contribution >= 0.6 is 0 Å². The first-order chi connectivity index (χ1) is 24.2. The van der Waals surface area contributed by atoms with E-state index in [0.29, 0.717) is 31.6 Å². The number of hydrogen-bond donors (Lipinski definition) is 3. The highest BCUT2D eigenvalue weighted by Gasteiger charge is 2.70. The first-order valence-corrected chi connectivity index (χ1v) is 21.2. The molecule has 0 aromatic heterocycles. The fourth-order valence-electron chi connectivity index (χ4n) is 14.1. The minimum Gasteiger partial charge on any atom is -0.393 e. The second-order valence-corrected chi connectivity index (χ2v) is 22.8. The van der Waals surface area contributed by atoms with Crippen LogP contribution in [-0.4, -0.2) is 57.0 Å². The average Bonchev–Trinajstić information content (AvgIpc) is 3.02. The number of allylic oxidation sites excluding steroid dienone is 2. The van der Waals surface area contributed by atoms with Crippen LogP contribution in [-0.2, 0) is 19.6 Å². The molecule has 8 heteroatoms. The van der Waals surface area contributed by atoms with Gasteiger partial charge in [-0.2, -0.15) is 0 Å². The molecule has 0 unspecified atom stereocenters. The van der Waals surface area contributed by atoms with Crippen LogP contribution in [0.25, 0.3) is 0 Å². The standard InChI is InChI=1S/C45H74N3O5/c1-27(2)22-31(36(51)46-28-24-38(3,4)48(53)39(5,6)25-28)47-37(52)42(10)19-18-41(9)20-21-44(12)29(30(41)26-42)23-32(49)35-43(11)16-15-34(50)40(7,8)33(43)14-17-45(35,44)13/h23,27-28,30-31,33-35,50H,14-22,24-26H2,1-13H3,(H,46,51)(H,47,52)/t30-,31-,33-,34-,35+,41+,42-,43-,44+,45+/m0/s1. The van der Waals surface area contributed by atoms with E-state index in [-0.39, 0.29) is 74.6 Å². The number of carbonyl (C=O) groups excluding carboxylic acids is 3. The SMILES string of the molecule is CC(C)C[C@H](NC(=O)[C@@]1(C)CC[C@]2(C)CC[C@]3(C)C(=CC(=O)[C@@H]4[C@@]5(C)CC[C@H](O)C(C)(C)[C@@H]5CC[C@]43C)[C@@H]2C1)C(=O)NC1CC(C)(C)N([O])C(C)(C)C1. The maximum atomic E-state index is 14.8. The van der Waals surface area contributed by atoms with Gasteiger partial charge in [0.05, 0.1) is 6.10 Å². The topological polar surface area (TPSA) is 119 Å². The Morgan fingerprint density at radius 2 is 1.45 bits per heavy atom. The molecule has 5 aliphatic carbocycles. The van der Waals surface area contributed by atoms with E-state index in [2.05, 4.69) is 79.0 Å². The molecule has 0 aromatic carbocycles. The Balaban J connectivity index is 1.26. The largest absolute Gasteiger partial charge is 0.393 e. The number of fused-ring (bicyclic) bond motifs is 7. The molecule has 8 nitrogen and oxygen atoms in total. The van der Waals surface area contributed by atoms with Crippen LogP contribution in [0.4, 0.5) is 0 Å². The number of ketones is 1. The number of nitrogens with one attached hydrogen (secondary N) is 2. The Morgan fingerprint density at radius 1 is 0.849 bits per heavy atom. The molecule has 4 saturated carbocycles. The minimum absolute atomic E-state index is 0.0113. The van der Waals surface area contributed by atoms with Crippen molar-refractivity contribution >= 4 is 17.6 Å². The number of piperidine rings is 1. The first-order valence-electron chi connectivity index (χ1n) is 21.2. The molecule has 299 valence electrons. The van der Waals surface area contributed by atoms with Crippen molar-refractivity contribution < 1.29 is 24.7 Å². The van der Waals surface area contributed by atoms with Crippen LogP contribution in [0.3, 0.4) is 0 Å². The third kappa shape index (κ3) is 6.30. The molecule has 2 amide bonds. The van der Waals surface area contributed by atoms with Crippen LogP contribution in [0, 0.1) is 56.2 Å². The van der Waals surface area contributed by atoms with Gasteiger partial charge in [0.15, 0.2) is 5.78 Å². The van der Waals surface area contributed by atoms with Crippen molar-refractivity contribution in [3.05, 3.63) is 11.6 Å². The summed E-state index contributed by atoms with van der Waals surface area (Å²) in [5.74, 6) is 0.563. The molecule has 10 atom stereocenters. The quantitative estimate of drug-likeness (QED) is 0.254. The summed E-state index contributed by atoms with van der Waals surface area (Å²) in [5, 5.41) is 31.8. The van der Waals surface area contributed by atoms with Crippen molar-refractivity contribution in [3.8, 4) is 0 Å². The van der Waals surface area contributed by atoms with Crippen molar-refractivity contribution in [2.45, 2.75) is 196 Å². The van der Waals surface area contributed by atoms with Gasteiger partial charge in [0.2, 0.25) is 11.8 Å². The normalized spacial score (nSPS) is 44.1. The predicted molar refractivity (Wildman–Crippen MR) is 209 cm³/mol. The van der Waals surface area contributed by atoms with Crippen LogP contribution < -0.4 is 10.6 Å². The molecule has 6 aliphatic rings. The summed E-state index contributed by atoms with van der Waals surface area (Å²) in [7, 11) is 0. The molecule has 6 rings (SSSR count). The lowest BCUT2D eigenvalue weighted by molar-refractivity contribution is -0.290. The summed E-state index contributed by atoms with van der Waals surface area (Å²) < 4.78 is 0. The summed E-state index contributed by atoms with van der Waals surface area (Å²) in [6, 6.07) is -0.816. The maximum absolute atomic E-state index is 14.8. The smallest absolute Gasteiger partial charge is 0.242 e. The summed E-state index contributed by atoms with van der Waals surface area (Å²) >= 11 is 0. The number of hydroxylamine groups is 2. The third-order valence-corrected chi connectivity index (χ3v) is 17.4.